The highest BCUT2D eigenvalue weighted by Gasteiger charge is 2.58. The van der Waals surface area contributed by atoms with Gasteiger partial charge in [0.05, 0.1) is 13.5 Å². The van der Waals surface area contributed by atoms with Gasteiger partial charge in [0.2, 0.25) is 11.8 Å². The number of hydrogen-bond acceptors (Lipinski definition) is 4. The van der Waals surface area contributed by atoms with E-state index >= 15 is 0 Å². The van der Waals surface area contributed by atoms with Crippen molar-refractivity contribution < 1.29 is 14.3 Å². The molecule has 1 saturated heterocycles. The van der Waals surface area contributed by atoms with Gasteiger partial charge in [0.1, 0.15) is 5.75 Å². The van der Waals surface area contributed by atoms with E-state index in [1.54, 1.807) is 18.4 Å². The smallest absolute Gasteiger partial charge is 0.227 e. The fourth-order valence-electron chi connectivity index (χ4n) is 4.43. The van der Waals surface area contributed by atoms with E-state index in [2.05, 4.69) is 11.4 Å². The summed E-state index contributed by atoms with van der Waals surface area (Å²) in [6, 6.07) is 12.0. The molecular formula is C23H28N2O3S. The van der Waals surface area contributed by atoms with Crippen LogP contribution in [0, 0.1) is 11.3 Å². The van der Waals surface area contributed by atoms with Crippen LogP contribution in [0.3, 0.4) is 0 Å². The van der Waals surface area contributed by atoms with Gasteiger partial charge in [-0.05, 0) is 60.2 Å². The zero-order valence-electron chi connectivity index (χ0n) is 16.9. The maximum Gasteiger partial charge on any atom is 0.227 e. The number of likely N-dealkylation sites (tertiary alicyclic amines) is 1. The molecule has 5 nitrogen and oxygen atoms in total. The monoisotopic (exact) mass is 412 g/mol. The maximum absolute atomic E-state index is 12.6. The van der Waals surface area contributed by atoms with E-state index in [4.69, 9.17) is 4.74 Å². The molecule has 4 rings (SSSR count). The topological polar surface area (TPSA) is 58.6 Å². The van der Waals surface area contributed by atoms with Gasteiger partial charge in [0, 0.05) is 30.4 Å². The summed E-state index contributed by atoms with van der Waals surface area (Å²) in [5, 5.41) is 5.12. The number of ether oxygens (including phenoxy) is 1. The first kappa shape index (κ1) is 20.0. The molecule has 2 fully saturated rings. The molecule has 154 valence electrons. The molecule has 6 heteroatoms. The highest BCUT2D eigenvalue weighted by molar-refractivity contribution is 7.10. The van der Waals surface area contributed by atoms with E-state index in [0.29, 0.717) is 13.0 Å². The predicted octanol–water partition coefficient (Wildman–Crippen LogP) is 3.29. The predicted molar refractivity (Wildman–Crippen MR) is 114 cm³/mol. The lowest BCUT2D eigenvalue weighted by Crippen LogP contribution is -2.41. The number of piperidine rings is 1. The van der Waals surface area contributed by atoms with Crippen LogP contribution in [0.25, 0.3) is 0 Å². The molecule has 1 spiro atoms. The number of hydrogen-bond donors (Lipinski definition) is 1. The molecule has 2 amide bonds. The van der Waals surface area contributed by atoms with Crippen LogP contribution in [0.1, 0.15) is 29.7 Å². The normalized spacial score (nSPS) is 19.8. The summed E-state index contributed by atoms with van der Waals surface area (Å²) in [5.74, 6) is 1.34. The van der Waals surface area contributed by atoms with Crippen LogP contribution in [0.5, 0.6) is 5.75 Å². The Bertz CT molecular complexity index is 857. The Morgan fingerprint density at radius 1 is 1.24 bits per heavy atom. The van der Waals surface area contributed by atoms with Gasteiger partial charge in [0.15, 0.2) is 0 Å². The average molecular weight is 413 g/mol. The second-order valence-electron chi connectivity index (χ2n) is 8.15. The van der Waals surface area contributed by atoms with Gasteiger partial charge < -0.3 is 15.0 Å². The Labute approximate surface area is 176 Å². The van der Waals surface area contributed by atoms with Gasteiger partial charge in [-0.3, -0.25) is 9.59 Å². The Hall–Kier alpha value is -2.34. The van der Waals surface area contributed by atoms with E-state index in [-0.39, 0.29) is 23.1 Å². The standard InChI is InChI=1S/C23H28N2O3S/c1-28-18-5-2-4-17(14-18)7-10-24-22(27)20-16-23(20)8-11-25(12-9-23)21(26)15-19-6-3-13-29-19/h2-6,13-14,20H,7-12,15-16H2,1H3,(H,24,27)/t20-/m1/s1. The second kappa shape index (κ2) is 8.57. The molecule has 1 aliphatic carbocycles. The van der Waals surface area contributed by atoms with Crippen molar-refractivity contribution in [2.75, 3.05) is 26.7 Å². The van der Waals surface area contributed by atoms with Crippen molar-refractivity contribution in [3.8, 4) is 5.75 Å². The lowest BCUT2D eigenvalue weighted by Gasteiger charge is -2.33. The van der Waals surface area contributed by atoms with Gasteiger partial charge in [-0.2, -0.15) is 0 Å². The lowest BCUT2D eigenvalue weighted by atomic mass is 9.90. The number of nitrogens with one attached hydrogen (secondary N) is 1. The first-order chi connectivity index (χ1) is 14.1. The SMILES string of the molecule is COc1cccc(CCNC(=O)[C@H]2CC23CCN(C(=O)Cc2cccs2)CC3)c1. The van der Waals surface area contributed by atoms with Crippen LogP contribution >= 0.6 is 11.3 Å². The highest BCUT2D eigenvalue weighted by atomic mass is 32.1. The molecule has 1 aliphatic heterocycles. The summed E-state index contributed by atoms with van der Waals surface area (Å²) in [6.45, 7) is 2.19. The number of nitrogens with zero attached hydrogens (tertiary/aromatic N) is 1. The number of methoxy groups -OCH3 is 1. The molecule has 2 aromatic rings. The summed E-state index contributed by atoms with van der Waals surface area (Å²) < 4.78 is 5.25. The summed E-state index contributed by atoms with van der Waals surface area (Å²) in [4.78, 5) is 28.2. The first-order valence-electron chi connectivity index (χ1n) is 10.3. The summed E-state index contributed by atoms with van der Waals surface area (Å²) in [7, 11) is 1.66. The lowest BCUT2D eigenvalue weighted by molar-refractivity contribution is -0.132. The average Bonchev–Trinajstić information content (AvgIpc) is 3.18. The fraction of sp³-hybridized carbons (Fsp3) is 0.478. The number of benzene rings is 1. The third-order valence-electron chi connectivity index (χ3n) is 6.37. The molecule has 0 radical (unpaired) electrons. The number of rotatable bonds is 7. The number of amides is 2. The second-order valence-corrected chi connectivity index (χ2v) is 9.18. The minimum absolute atomic E-state index is 0.113. The quantitative estimate of drug-likeness (QED) is 0.759. The van der Waals surface area contributed by atoms with Crippen LogP contribution in [0.4, 0.5) is 0 Å². The minimum Gasteiger partial charge on any atom is -0.497 e. The largest absolute Gasteiger partial charge is 0.497 e. The van der Waals surface area contributed by atoms with Gasteiger partial charge in [0.25, 0.3) is 0 Å². The third kappa shape index (κ3) is 4.64. The van der Waals surface area contributed by atoms with Crippen LogP contribution in [0.2, 0.25) is 0 Å². The van der Waals surface area contributed by atoms with Gasteiger partial charge in [-0.15, -0.1) is 11.3 Å². The van der Waals surface area contributed by atoms with Crippen molar-refractivity contribution in [3.63, 3.8) is 0 Å². The first-order valence-corrected chi connectivity index (χ1v) is 11.2. The van der Waals surface area contributed by atoms with E-state index in [1.165, 1.54) is 0 Å². The Kier molecular flexibility index (Phi) is 5.90. The molecular weight excluding hydrogens is 384 g/mol. The number of thiophene rings is 1. The third-order valence-corrected chi connectivity index (χ3v) is 7.25. The van der Waals surface area contributed by atoms with Crippen LogP contribution in [-0.4, -0.2) is 43.5 Å². The van der Waals surface area contributed by atoms with Crippen molar-refractivity contribution in [2.45, 2.75) is 32.1 Å². The van der Waals surface area contributed by atoms with Crippen molar-refractivity contribution in [2.24, 2.45) is 11.3 Å². The van der Waals surface area contributed by atoms with E-state index in [0.717, 1.165) is 55.0 Å². The number of carbonyl (C=O) groups excluding carboxylic acids is 2. The van der Waals surface area contributed by atoms with Crippen molar-refractivity contribution in [1.82, 2.24) is 10.2 Å². The van der Waals surface area contributed by atoms with Crippen LogP contribution in [0.15, 0.2) is 41.8 Å². The van der Waals surface area contributed by atoms with Gasteiger partial charge >= 0.3 is 0 Å². The van der Waals surface area contributed by atoms with Crippen LogP contribution < -0.4 is 10.1 Å². The van der Waals surface area contributed by atoms with Gasteiger partial charge in [-0.25, -0.2) is 0 Å². The molecule has 1 aromatic heterocycles. The molecule has 29 heavy (non-hydrogen) atoms. The van der Waals surface area contributed by atoms with Crippen molar-refractivity contribution in [3.05, 3.63) is 52.2 Å². The Balaban J connectivity index is 1.20. The summed E-state index contributed by atoms with van der Waals surface area (Å²) in [6.07, 6.45) is 4.14. The molecule has 1 N–H and O–H groups in total. The molecule has 2 aliphatic rings. The molecule has 0 bridgehead atoms. The Morgan fingerprint density at radius 3 is 2.79 bits per heavy atom. The van der Waals surface area contributed by atoms with Crippen molar-refractivity contribution >= 4 is 23.2 Å². The molecule has 1 atom stereocenters. The van der Waals surface area contributed by atoms with E-state index in [9.17, 15) is 9.59 Å². The number of carbonyl (C=O) groups is 2. The molecule has 2 heterocycles. The zero-order valence-corrected chi connectivity index (χ0v) is 17.7. The molecule has 0 unspecified atom stereocenters. The van der Waals surface area contributed by atoms with E-state index in [1.807, 2.05) is 40.6 Å². The minimum atomic E-state index is 0.113. The van der Waals surface area contributed by atoms with E-state index < -0.39 is 0 Å². The van der Waals surface area contributed by atoms with Crippen molar-refractivity contribution in [1.29, 1.82) is 0 Å². The summed E-state index contributed by atoms with van der Waals surface area (Å²) in [5.41, 5.74) is 1.28. The Morgan fingerprint density at radius 2 is 2.07 bits per heavy atom. The zero-order chi connectivity index (χ0) is 20.3. The van der Waals surface area contributed by atoms with Crippen LogP contribution in [-0.2, 0) is 22.4 Å². The summed E-state index contributed by atoms with van der Waals surface area (Å²) >= 11 is 1.63. The van der Waals surface area contributed by atoms with Gasteiger partial charge in [-0.1, -0.05) is 18.2 Å². The fourth-order valence-corrected chi connectivity index (χ4v) is 5.12. The molecule has 1 saturated carbocycles. The highest BCUT2D eigenvalue weighted by Crippen LogP contribution is 2.59. The maximum atomic E-state index is 12.6. The molecule has 1 aromatic carbocycles.